The summed E-state index contributed by atoms with van der Waals surface area (Å²) in [5, 5.41) is 7.06. The van der Waals surface area contributed by atoms with Crippen molar-refractivity contribution in [3.8, 4) is 0 Å². The summed E-state index contributed by atoms with van der Waals surface area (Å²) in [6, 6.07) is 8.60. The highest BCUT2D eigenvalue weighted by atomic mass is 32.2. The summed E-state index contributed by atoms with van der Waals surface area (Å²) >= 11 is 0. The lowest BCUT2D eigenvalue weighted by Gasteiger charge is -2.34. The summed E-state index contributed by atoms with van der Waals surface area (Å²) in [5.74, 6) is 0.667. The van der Waals surface area contributed by atoms with Crippen LogP contribution in [0.4, 0.5) is 11.5 Å². The molecule has 2 aliphatic heterocycles. The smallest absolute Gasteiger partial charge is 0.245 e. The van der Waals surface area contributed by atoms with Gasteiger partial charge in [0, 0.05) is 38.4 Å². The minimum absolute atomic E-state index is 0.0261. The number of amides is 1. The van der Waals surface area contributed by atoms with Crippen LogP contribution in [0.15, 0.2) is 47.8 Å². The predicted molar refractivity (Wildman–Crippen MR) is 132 cm³/mol. The third kappa shape index (κ3) is 5.09. The van der Waals surface area contributed by atoms with Crippen LogP contribution in [0.25, 0.3) is 11.0 Å². The van der Waals surface area contributed by atoms with Gasteiger partial charge in [0.1, 0.15) is 22.7 Å². The number of nitrogens with one attached hydrogen (secondary N) is 3. The topological polar surface area (TPSA) is 133 Å². The van der Waals surface area contributed by atoms with Gasteiger partial charge in [-0.15, -0.1) is 0 Å². The maximum atomic E-state index is 13.1. The predicted octanol–water partition coefficient (Wildman–Crippen LogP) is 1.18. The maximum Gasteiger partial charge on any atom is 0.245 e. The highest BCUT2D eigenvalue weighted by molar-refractivity contribution is 7.89. The van der Waals surface area contributed by atoms with Gasteiger partial charge in [-0.25, -0.2) is 18.4 Å². The molecule has 5 rings (SSSR count). The van der Waals surface area contributed by atoms with Crippen LogP contribution in [0.2, 0.25) is 0 Å². The summed E-state index contributed by atoms with van der Waals surface area (Å²) in [5.41, 5.74) is 1.20. The molecule has 11 nitrogen and oxygen atoms in total. The molecule has 1 aromatic carbocycles. The van der Waals surface area contributed by atoms with Crippen LogP contribution >= 0.6 is 0 Å². The fraction of sp³-hybridized carbons (Fsp3) is 0.435. The fourth-order valence-electron chi connectivity index (χ4n) is 4.62. The molecule has 0 radical (unpaired) electrons. The number of piperidine rings is 1. The second-order valence-electron chi connectivity index (χ2n) is 8.66. The molecule has 0 unspecified atom stereocenters. The van der Waals surface area contributed by atoms with Crippen LogP contribution < -0.4 is 15.5 Å². The Morgan fingerprint density at radius 3 is 2.83 bits per heavy atom. The quantitative estimate of drug-likeness (QED) is 0.441. The lowest BCUT2D eigenvalue weighted by molar-refractivity contribution is -0.120. The van der Waals surface area contributed by atoms with Gasteiger partial charge < -0.3 is 25.3 Å². The van der Waals surface area contributed by atoms with Crippen LogP contribution in [0.3, 0.4) is 0 Å². The van der Waals surface area contributed by atoms with Crippen LogP contribution in [0.5, 0.6) is 0 Å². The van der Waals surface area contributed by atoms with Crippen LogP contribution in [0.1, 0.15) is 12.8 Å². The van der Waals surface area contributed by atoms with E-state index in [1.807, 2.05) is 12.3 Å². The number of carbonyl (C=O) groups is 1. The summed E-state index contributed by atoms with van der Waals surface area (Å²) in [6.07, 6.45) is 5.18. The van der Waals surface area contributed by atoms with Crippen molar-refractivity contribution in [2.45, 2.75) is 23.8 Å². The Morgan fingerprint density at radius 2 is 1.97 bits per heavy atom. The molecular formula is C23H29N7O4S. The first-order valence-electron chi connectivity index (χ1n) is 11.8. The molecule has 3 N–H and O–H groups in total. The number of anilines is 2. The number of morpholine rings is 1. The largest absolute Gasteiger partial charge is 0.379 e. The van der Waals surface area contributed by atoms with Gasteiger partial charge >= 0.3 is 0 Å². The van der Waals surface area contributed by atoms with E-state index in [2.05, 4.69) is 30.5 Å². The van der Waals surface area contributed by atoms with Gasteiger partial charge in [-0.3, -0.25) is 4.79 Å². The van der Waals surface area contributed by atoms with E-state index in [0.717, 1.165) is 36.2 Å². The monoisotopic (exact) mass is 499 g/mol. The lowest BCUT2D eigenvalue weighted by Crippen LogP contribution is -2.49. The Balaban J connectivity index is 1.21. The molecule has 12 heteroatoms. The third-order valence-corrected chi connectivity index (χ3v) is 8.29. The highest BCUT2D eigenvalue weighted by Crippen LogP contribution is 2.26. The molecule has 2 saturated heterocycles. The molecule has 3 aromatic rings. The molecule has 4 heterocycles. The molecule has 0 spiro atoms. The SMILES string of the molecule is O=C(CNc1ccccc1S(=O)(=O)N1CCOCC1)N[C@@H]1CCCN(c2ncnc3[nH]ccc23)C1. The minimum Gasteiger partial charge on any atom is -0.379 e. The first kappa shape index (κ1) is 23.5. The number of H-pyrrole nitrogens is 1. The zero-order chi connectivity index (χ0) is 24.3. The van der Waals surface area contributed by atoms with E-state index < -0.39 is 10.0 Å². The second-order valence-corrected chi connectivity index (χ2v) is 10.6. The van der Waals surface area contributed by atoms with E-state index >= 15 is 0 Å². The van der Waals surface area contributed by atoms with Crippen molar-refractivity contribution in [1.82, 2.24) is 24.6 Å². The average molecular weight is 500 g/mol. The molecule has 186 valence electrons. The van der Waals surface area contributed by atoms with Gasteiger partial charge in [0.25, 0.3) is 0 Å². The van der Waals surface area contributed by atoms with Crippen molar-refractivity contribution in [3.63, 3.8) is 0 Å². The third-order valence-electron chi connectivity index (χ3n) is 6.33. The summed E-state index contributed by atoms with van der Waals surface area (Å²) in [6.45, 7) is 2.86. The maximum absolute atomic E-state index is 13.1. The number of para-hydroxylation sites is 1. The zero-order valence-corrected chi connectivity index (χ0v) is 20.1. The summed E-state index contributed by atoms with van der Waals surface area (Å²) in [7, 11) is -3.68. The summed E-state index contributed by atoms with van der Waals surface area (Å²) in [4.78, 5) is 26.9. The van der Waals surface area contributed by atoms with E-state index in [4.69, 9.17) is 4.74 Å². The van der Waals surface area contributed by atoms with E-state index in [9.17, 15) is 13.2 Å². The van der Waals surface area contributed by atoms with Gasteiger partial charge in [0.05, 0.1) is 30.8 Å². The van der Waals surface area contributed by atoms with Crippen molar-refractivity contribution in [1.29, 1.82) is 0 Å². The molecule has 2 aromatic heterocycles. The van der Waals surface area contributed by atoms with Crippen molar-refractivity contribution < 1.29 is 17.9 Å². The normalized spacial score (nSPS) is 19.5. The Bertz CT molecular complexity index is 1290. The van der Waals surface area contributed by atoms with Gasteiger partial charge in [0.15, 0.2) is 0 Å². The average Bonchev–Trinajstić information content (AvgIpc) is 3.37. The molecule has 1 amide bonds. The Hall–Kier alpha value is -3.22. The van der Waals surface area contributed by atoms with Crippen LogP contribution in [0, 0.1) is 0 Å². The Labute approximate surface area is 203 Å². The number of sulfonamides is 1. The molecule has 2 fully saturated rings. The Morgan fingerprint density at radius 1 is 1.14 bits per heavy atom. The van der Waals surface area contributed by atoms with Gasteiger partial charge in [0.2, 0.25) is 15.9 Å². The number of aromatic nitrogens is 3. The minimum atomic E-state index is -3.68. The van der Waals surface area contributed by atoms with E-state index in [-0.39, 0.29) is 23.4 Å². The molecule has 35 heavy (non-hydrogen) atoms. The van der Waals surface area contributed by atoms with Gasteiger partial charge in [-0.2, -0.15) is 4.31 Å². The van der Waals surface area contributed by atoms with Crippen molar-refractivity contribution >= 4 is 38.5 Å². The number of nitrogens with zero attached hydrogens (tertiary/aromatic N) is 4. The number of hydrogen-bond acceptors (Lipinski definition) is 8. The second kappa shape index (κ2) is 10.2. The molecule has 0 bridgehead atoms. The molecule has 0 aliphatic carbocycles. The molecular weight excluding hydrogens is 470 g/mol. The standard InChI is InChI=1S/C23H29N7O4S/c31-21(14-25-19-5-1-2-6-20(19)35(32,33)30-10-12-34-13-11-30)28-17-4-3-9-29(15-17)23-18-7-8-24-22(18)26-16-27-23/h1-2,5-8,16-17,25H,3-4,9-15H2,(H,28,31)(H,24,26,27)/t17-/m1/s1. The first-order valence-corrected chi connectivity index (χ1v) is 13.2. The number of benzene rings is 1. The Kier molecular flexibility index (Phi) is 6.84. The van der Waals surface area contributed by atoms with Crippen molar-refractivity contribution in [3.05, 3.63) is 42.9 Å². The number of hydrogen-bond donors (Lipinski definition) is 3. The number of aromatic amines is 1. The van der Waals surface area contributed by atoms with Crippen LogP contribution in [-0.4, -0.2) is 85.6 Å². The number of carbonyl (C=O) groups excluding carboxylic acids is 1. The molecule has 0 saturated carbocycles. The molecule has 1 atom stereocenters. The number of fused-ring (bicyclic) bond motifs is 1. The molecule has 2 aliphatic rings. The van der Waals surface area contributed by atoms with Crippen molar-refractivity contribution in [2.75, 3.05) is 56.2 Å². The van der Waals surface area contributed by atoms with E-state index in [1.165, 1.54) is 4.31 Å². The first-order chi connectivity index (χ1) is 17.0. The zero-order valence-electron chi connectivity index (χ0n) is 19.3. The van der Waals surface area contributed by atoms with E-state index in [0.29, 0.717) is 38.5 Å². The van der Waals surface area contributed by atoms with Gasteiger partial charge in [-0.1, -0.05) is 12.1 Å². The lowest BCUT2D eigenvalue weighted by atomic mass is 10.1. The van der Waals surface area contributed by atoms with E-state index in [1.54, 1.807) is 30.6 Å². The fourth-order valence-corrected chi connectivity index (χ4v) is 6.19. The van der Waals surface area contributed by atoms with Gasteiger partial charge in [-0.05, 0) is 31.0 Å². The highest BCUT2D eigenvalue weighted by Gasteiger charge is 2.29. The number of ether oxygens (including phenoxy) is 1. The van der Waals surface area contributed by atoms with Crippen LogP contribution in [-0.2, 0) is 19.6 Å². The summed E-state index contributed by atoms with van der Waals surface area (Å²) < 4.78 is 32.9. The number of rotatable bonds is 7. The van der Waals surface area contributed by atoms with Crippen molar-refractivity contribution in [2.24, 2.45) is 0 Å².